The average Bonchev–Trinajstić information content (AvgIpc) is 2.25. The lowest BCUT2D eigenvalue weighted by molar-refractivity contribution is 0.587. The summed E-state index contributed by atoms with van der Waals surface area (Å²) in [6.07, 6.45) is 1.92. The van der Waals surface area contributed by atoms with Crippen LogP contribution in [0.5, 0.6) is 0 Å². The molecule has 0 fully saturated rings. The minimum absolute atomic E-state index is 0.281. The minimum Gasteiger partial charge on any atom is -0.308 e. The molecule has 0 amide bonds. The van der Waals surface area contributed by atoms with Crippen LogP contribution in [0.3, 0.4) is 0 Å². The molecule has 1 unspecified atom stereocenters. The van der Waals surface area contributed by atoms with Crippen LogP contribution in [0, 0.1) is 5.92 Å². The SMILES string of the molecule is CC(C)Cc1cc(NN)nc(C(C)S(C)(=O)=O)n1. The molecule has 6 nitrogen and oxygen atoms in total. The molecule has 0 saturated heterocycles. The highest BCUT2D eigenvalue weighted by molar-refractivity contribution is 7.90. The molecule has 0 spiro atoms. The largest absolute Gasteiger partial charge is 0.308 e. The summed E-state index contributed by atoms with van der Waals surface area (Å²) in [5, 5.41) is -0.739. The Labute approximate surface area is 108 Å². The predicted molar refractivity (Wildman–Crippen MR) is 71.6 cm³/mol. The Morgan fingerprint density at radius 3 is 2.39 bits per heavy atom. The summed E-state index contributed by atoms with van der Waals surface area (Å²) < 4.78 is 23.1. The number of hydrogen-bond donors (Lipinski definition) is 2. The second-order valence-corrected chi connectivity index (χ2v) is 7.18. The third-order valence-electron chi connectivity index (χ3n) is 2.57. The van der Waals surface area contributed by atoms with Gasteiger partial charge in [0.25, 0.3) is 0 Å². The van der Waals surface area contributed by atoms with E-state index in [0.717, 1.165) is 12.1 Å². The molecular formula is C11H20N4O2S. The molecule has 0 radical (unpaired) electrons. The molecular weight excluding hydrogens is 252 g/mol. The number of anilines is 1. The standard InChI is InChI=1S/C11H20N4O2S/c1-7(2)5-9-6-10(15-12)14-11(13-9)8(3)18(4,16)17/h6-8H,5,12H2,1-4H3,(H,13,14,15). The molecule has 7 heteroatoms. The highest BCUT2D eigenvalue weighted by Gasteiger charge is 2.21. The zero-order valence-corrected chi connectivity index (χ0v) is 12.0. The Balaban J connectivity index is 3.19. The second-order valence-electron chi connectivity index (χ2n) is 4.82. The Kier molecular flexibility index (Phi) is 4.64. The minimum atomic E-state index is -3.22. The Morgan fingerprint density at radius 2 is 1.94 bits per heavy atom. The summed E-state index contributed by atoms with van der Waals surface area (Å²) in [6, 6.07) is 1.73. The van der Waals surface area contributed by atoms with Crippen molar-refractivity contribution in [2.75, 3.05) is 11.7 Å². The van der Waals surface area contributed by atoms with Crippen LogP contribution in [-0.2, 0) is 16.3 Å². The number of hydrazine groups is 1. The Hall–Kier alpha value is -1.21. The quantitative estimate of drug-likeness (QED) is 0.614. The number of hydrogen-bond acceptors (Lipinski definition) is 6. The van der Waals surface area contributed by atoms with Gasteiger partial charge in [0.1, 0.15) is 16.9 Å². The van der Waals surface area contributed by atoms with Crippen molar-refractivity contribution in [1.82, 2.24) is 9.97 Å². The zero-order chi connectivity index (χ0) is 13.9. The number of nitrogens with zero attached hydrogens (tertiary/aromatic N) is 2. The zero-order valence-electron chi connectivity index (χ0n) is 11.1. The van der Waals surface area contributed by atoms with Crippen LogP contribution < -0.4 is 11.3 Å². The maximum atomic E-state index is 11.5. The molecule has 18 heavy (non-hydrogen) atoms. The first kappa shape index (κ1) is 14.8. The van der Waals surface area contributed by atoms with Crippen LogP contribution in [0.2, 0.25) is 0 Å². The maximum Gasteiger partial charge on any atom is 0.157 e. The molecule has 0 aliphatic heterocycles. The number of aromatic nitrogens is 2. The van der Waals surface area contributed by atoms with Crippen LogP contribution in [0.4, 0.5) is 5.82 Å². The van der Waals surface area contributed by atoms with Crippen molar-refractivity contribution in [3.63, 3.8) is 0 Å². The molecule has 102 valence electrons. The number of sulfone groups is 1. The van der Waals surface area contributed by atoms with E-state index in [2.05, 4.69) is 29.2 Å². The van der Waals surface area contributed by atoms with Crippen molar-refractivity contribution >= 4 is 15.7 Å². The lowest BCUT2D eigenvalue weighted by Crippen LogP contribution is -2.16. The van der Waals surface area contributed by atoms with Crippen molar-refractivity contribution in [2.24, 2.45) is 11.8 Å². The van der Waals surface area contributed by atoms with Crippen LogP contribution in [0.1, 0.15) is 37.5 Å². The van der Waals surface area contributed by atoms with E-state index < -0.39 is 15.1 Å². The highest BCUT2D eigenvalue weighted by atomic mass is 32.2. The number of nitrogen functional groups attached to an aromatic ring is 1. The molecule has 1 rings (SSSR count). The van der Waals surface area contributed by atoms with E-state index in [4.69, 9.17) is 5.84 Å². The molecule has 1 heterocycles. The van der Waals surface area contributed by atoms with Gasteiger partial charge in [0, 0.05) is 18.0 Å². The molecule has 1 aromatic heterocycles. The van der Waals surface area contributed by atoms with Crippen LogP contribution >= 0.6 is 0 Å². The van der Waals surface area contributed by atoms with Gasteiger partial charge in [-0.3, -0.25) is 0 Å². The van der Waals surface area contributed by atoms with Crippen LogP contribution in [0.25, 0.3) is 0 Å². The van der Waals surface area contributed by atoms with Gasteiger partial charge in [-0.2, -0.15) is 0 Å². The first-order chi connectivity index (χ1) is 8.24. The van der Waals surface area contributed by atoms with Crippen molar-refractivity contribution in [3.8, 4) is 0 Å². The number of rotatable bonds is 5. The van der Waals surface area contributed by atoms with E-state index in [1.54, 1.807) is 13.0 Å². The summed E-state index contributed by atoms with van der Waals surface area (Å²) in [6.45, 7) is 5.71. The summed E-state index contributed by atoms with van der Waals surface area (Å²) in [5.74, 6) is 6.48. The first-order valence-corrected chi connectivity index (χ1v) is 7.72. The second kappa shape index (κ2) is 5.62. The monoisotopic (exact) mass is 272 g/mol. The van der Waals surface area contributed by atoms with Gasteiger partial charge in [-0.1, -0.05) is 13.8 Å². The van der Waals surface area contributed by atoms with Crippen molar-refractivity contribution in [3.05, 3.63) is 17.6 Å². The Morgan fingerprint density at radius 1 is 1.33 bits per heavy atom. The first-order valence-electron chi connectivity index (χ1n) is 5.77. The Bertz CT molecular complexity index is 514. The van der Waals surface area contributed by atoms with Gasteiger partial charge in [0.2, 0.25) is 0 Å². The van der Waals surface area contributed by atoms with Gasteiger partial charge < -0.3 is 5.43 Å². The fourth-order valence-electron chi connectivity index (χ4n) is 1.49. The lowest BCUT2D eigenvalue weighted by atomic mass is 10.1. The summed E-state index contributed by atoms with van der Waals surface area (Å²) in [7, 11) is -3.22. The van der Waals surface area contributed by atoms with Crippen LogP contribution in [-0.4, -0.2) is 24.6 Å². The predicted octanol–water partition coefficient (Wildman–Crippen LogP) is 1.07. The highest BCUT2D eigenvalue weighted by Crippen LogP contribution is 2.20. The van der Waals surface area contributed by atoms with Gasteiger partial charge >= 0.3 is 0 Å². The molecule has 0 saturated carbocycles. The number of nitrogens with one attached hydrogen (secondary N) is 1. The van der Waals surface area contributed by atoms with E-state index in [0.29, 0.717) is 11.7 Å². The fraction of sp³-hybridized carbons (Fsp3) is 0.636. The topological polar surface area (TPSA) is 98.0 Å². The van der Waals surface area contributed by atoms with Gasteiger partial charge in [-0.25, -0.2) is 24.2 Å². The van der Waals surface area contributed by atoms with E-state index in [1.807, 2.05) is 0 Å². The summed E-state index contributed by atoms with van der Waals surface area (Å²) in [4.78, 5) is 8.40. The normalized spacial score (nSPS) is 13.7. The van der Waals surface area contributed by atoms with Crippen LogP contribution in [0.15, 0.2) is 6.07 Å². The van der Waals surface area contributed by atoms with Gasteiger partial charge in [-0.05, 0) is 19.3 Å². The summed E-state index contributed by atoms with van der Waals surface area (Å²) in [5.41, 5.74) is 3.23. The van der Waals surface area contributed by atoms with Gasteiger partial charge in [0.05, 0.1) is 0 Å². The average molecular weight is 272 g/mol. The molecule has 0 bridgehead atoms. The van der Waals surface area contributed by atoms with E-state index in [1.165, 1.54) is 6.26 Å². The fourth-order valence-corrected chi connectivity index (χ4v) is 1.98. The van der Waals surface area contributed by atoms with Crippen molar-refractivity contribution < 1.29 is 8.42 Å². The van der Waals surface area contributed by atoms with Gasteiger partial charge in [0.15, 0.2) is 9.84 Å². The van der Waals surface area contributed by atoms with Gasteiger partial charge in [-0.15, -0.1) is 0 Å². The molecule has 1 aromatic rings. The smallest absolute Gasteiger partial charge is 0.157 e. The van der Waals surface area contributed by atoms with Crippen molar-refractivity contribution in [2.45, 2.75) is 32.4 Å². The molecule has 1 atom stereocenters. The molecule has 0 aromatic carbocycles. The number of nitrogens with two attached hydrogens (primary N) is 1. The molecule has 0 aliphatic carbocycles. The third kappa shape index (κ3) is 3.92. The maximum absolute atomic E-state index is 11.5. The van der Waals surface area contributed by atoms with Crippen molar-refractivity contribution in [1.29, 1.82) is 0 Å². The van der Waals surface area contributed by atoms with E-state index in [9.17, 15) is 8.42 Å². The molecule has 0 aliphatic rings. The third-order valence-corrected chi connectivity index (χ3v) is 4.06. The molecule has 3 N–H and O–H groups in total. The van der Waals surface area contributed by atoms with E-state index >= 15 is 0 Å². The van der Waals surface area contributed by atoms with E-state index in [-0.39, 0.29) is 5.82 Å². The lowest BCUT2D eigenvalue weighted by Gasteiger charge is -2.12. The summed E-state index contributed by atoms with van der Waals surface area (Å²) >= 11 is 0.